The first-order valence-corrected chi connectivity index (χ1v) is 5.30. The van der Waals surface area contributed by atoms with Gasteiger partial charge in [-0.25, -0.2) is 0 Å². The first-order valence-electron chi connectivity index (χ1n) is 5.30. The molecule has 2 rings (SSSR count). The number of benzene rings is 1. The van der Waals surface area contributed by atoms with E-state index in [0.717, 1.165) is 12.1 Å². The summed E-state index contributed by atoms with van der Waals surface area (Å²) in [6.45, 7) is 0.752. The van der Waals surface area contributed by atoms with Gasteiger partial charge in [-0.3, -0.25) is 9.69 Å². The largest absolute Gasteiger partial charge is 0.508 e. The molecular formula is C12H15NO3. The molecule has 1 saturated heterocycles. The van der Waals surface area contributed by atoms with Crippen molar-refractivity contribution >= 4 is 5.97 Å². The molecule has 2 N–H and O–H groups in total. The molecule has 2 unspecified atom stereocenters. The summed E-state index contributed by atoms with van der Waals surface area (Å²) < 4.78 is 0. The summed E-state index contributed by atoms with van der Waals surface area (Å²) in [6, 6.07) is 6.61. The predicted octanol–water partition coefficient (Wildman–Crippen LogP) is 1.26. The molecule has 0 saturated carbocycles. The summed E-state index contributed by atoms with van der Waals surface area (Å²) in [4.78, 5) is 12.8. The Bertz CT molecular complexity index is 388. The van der Waals surface area contributed by atoms with Crippen LogP contribution in [0, 0.1) is 0 Å². The van der Waals surface area contributed by atoms with Gasteiger partial charge in [0.15, 0.2) is 0 Å². The van der Waals surface area contributed by atoms with E-state index in [9.17, 15) is 9.90 Å². The van der Waals surface area contributed by atoms with Crippen LogP contribution in [0.1, 0.15) is 17.9 Å². The Balaban J connectivity index is 2.13. The lowest BCUT2D eigenvalue weighted by Gasteiger charge is -2.13. The number of hydrogen-bond donors (Lipinski definition) is 2. The van der Waals surface area contributed by atoms with Crippen molar-refractivity contribution in [2.24, 2.45) is 0 Å². The Morgan fingerprint density at radius 1 is 1.38 bits per heavy atom. The molecule has 0 aliphatic carbocycles. The topological polar surface area (TPSA) is 60.8 Å². The standard InChI is InChI=1S/C12H15NO3/c1-13-7-9(6-11(13)12(15)16)8-2-4-10(14)5-3-8/h2-5,9,11,14H,6-7H2,1H3,(H,15,16). The molecule has 16 heavy (non-hydrogen) atoms. The lowest BCUT2D eigenvalue weighted by molar-refractivity contribution is -0.141. The van der Waals surface area contributed by atoms with E-state index >= 15 is 0 Å². The molecule has 1 fully saturated rings. The van der Waals surface area contributed by atoms with E-state index in [4.69, 9.17) is 5.11 Å². The molecule has 4 nitrogen and oxygen atoms in total. The summed E-state index contributed by atoms with van der Waals surface area (Å²) in [6.07, 6.45) is 0.636. The molecule has 0 radical (unpaired) electrons. The van der Waals surface area contributed by atoms with Crippen molar-refractivity contribution in [2.75, 3.05) is 13.6 Å². The van der Waals surface area contributed by atoms with E-state index in [1.807, 2.05) is 24.1 Å². The summed E-state index contributed by atoms with van der Waals surface area (Å²) in [5, 5.41) is 18.2. The number of carboxylic acids is 1. The first kappa shape index (κ1) is 11.0. The highest BCUT2D eigenvalue weighted by Crippen LogP contribution is 2.31. The van der Waals surface area contributed by atoms with Crippen molar-refractivity contribution in [3.05, 3.63) is 29.8 Å². The number of phenols is 1. The third kappa shape index (κ3) is 2.02. The zero-order valence-electron chi connectivity index (χ0n) is 9.13. The number of likely N-dealkylation sites (N-methyl/N-ethyl adjacent to an activating group) is 1. The number of aromatic hydroxyl groups is 1. The zero-order valence-corrected chi connectivity index (χ0v) is 9.13. The van der Waals surface area contributed by atoms with Gasteiger partial charge in [-0.1, -0.05) is 12.1 Å². The van der Waals surface area contributed by atoms with Gasteiger partial charge in [0.1, 0.15) is 11.8 Å². The summed E-state index contributed by atoms with van der Waals surface area (Å²) in [7, 11) is 1.83. The van der Waals surface area contributed by atoms with Crippen LogP contribution in [0.2, 0.25) is 0 Å². The van der Waals surface area contributed by atoms with Crippen molar-refractivity contribution in [1.29, 1.82) is 0 Å². The number of rotatable bonds is 2. The highest BCUT2D eigenvalue weighted by molar-refractivity contribution is 5.74. The molecule has 86 valence electrons. The van der Waals surface area contributed by atoms with E-state index in [2.05, 4.69) is 0 Å². The van der Waals surface area contributed by atoms with Gasteiger partial charge in [-0.05, 0) is 37.1 Å². The van der Waals surface area contributed by atoms with Crippen LogP contribution in [0.15, 0.2) is 24.3 Å². The van der Waals surface area contributed by atoms with Gasteiger partial charge >= 0.3 is 5.97 Å². The smallest absolute Gasteiger partial charge is 0.320 e. The first-order chi connectivity index (χ1) is 7.58. The van der Waals surface area contributed by atoms with Gasteiger partial charge in [0.25, 0.3) is 0 Å². The minimum Gasteiger partial charge on any atom is -0.508 e. The third-order valence-electron chi connectivity index (χ3n) is 3.20. The Morgan fingerprint density at radius 3 is 2.50 bits per heavy atom. The second-order valence-corrected chi connectivity index (χ2v) is 4.32. The van der Waals surface area contributed by atoms with Crippen molar-refractivity contribution < 1.29 is 15.0 Å². The lowest BCUT2D eigenvalue weighted by atomic mass is 9.96. The van der Waals surface area contributed by atoms with Gasteiger partial charge in [-0.2, -0.15) is 0 Å². The van der Waals surface area contributed by atoms with Crippen molar-refractivity contribution in [2.45, 2.75) is 18.4 Å². The van der Waals surface area contributed by atoms with Crippen LogP contribution in [-0.4, -0.2) is 40.7 Å². The average Bonchev–Trinajstić information content (AvgIpc) is 2.61. The lowest BCUT2D eigenvalue weighted by Crippen LogP contribution is -2.32. The molecular weight excluding hydrogens is 206 g/mol. The second-order valence-electron chi connectivity index (χ2n) is 4.32. The number of likely N-dealkylation sites (tertiary alicyclic amines) is 1. The second kappa shape index (κ2) is 4.14. The molecule has 2 atom stereocenters. The Morgan fingerprint density at radius 2 is 2.00 bits per heavy atom. The molecule has 1 aliphatic rings. The number of phenolic OH excluding ortho intramolecular Hbond substituents is 1. The fourth-order valence-electron chi connectivity index (χ4n) is 2.28. The zero-order chi connectivity index (χ0) is 11.7. The van der Waals surface area contributed by atoms with Crippen molar-refractivity contribution in [3.8, 4) is 5.75 Å². The van der Waals surface area contributed by atoms with E-state index < -0.39 is 5.97 Å². The average molecular weight is 221 g/mol. The summed E-state index contributed by atoms with van der Waals surface area (Å²) >= 11 is 0. The van der Waals surface area contributed by atoms with E-state index in [-0.39, 0.29) is 17.7 Å². The maximum absolute atomic E-state index is 11.0. The van der Waals surface area contributed by atoms with Crippen LogP contribution in [0.25, 0.3) is 0 Å². The van der Waals surface area contributed by atoms with Crippen LogP contribution < -0.4 is 0 Å². The number of hydrogen-bond acceptors (Lipinski definition) is 3. The minimum absolute atomic E-state index is 0.241. The molecule has 1 aliphatic heterocycles. The maximum atomic E-state index is 11.0. The molecule has 1 heterocycles. The minimum atomic E-state index is -0.760. The molecule has 1 aromatic rings. The van der Waals surface area contributed by atoms with Crippen LogP contribution in [-0.2, 0) is 4.79 Å². The quantitative estimate of drug-likeness (QED) is 0.789. The fourth-order valence-corrected chi connectivity index (χ4v) is 2.28. The molecule has 0 amide bonds. The number of nitrogens with zero attached hydrogens (tertiary/aromatic N) is 1. The predicted molar refractivity (Wildman–Crippen MR) is 59.5 cm³/mol. The number of aliphatic carboxylic acids is 1. The highest BCUT2D eigenvalue weighted by Gasteiger charge is 2.34. The van der Waals surface area contributed by atoms with E-state index in [1.54, 1.807) is 12.1 Å². The molecule has 1 aromatic carbocycles. The van der Waals surface area contributed by atoms with Crippen LogP contribution in [0.3, 0.4) is 0 Å². The number of carboxylic acid groups (broad SMARTS) is 1. The van der Waals surface area contributed by atoms with Crippen LogP contribution >= 0.6 is 0 Å². The van der Waals surface area contributed by atoms with E-state index in [0.29, 0.717) is 6.42 Å². The normalized spacial score (nSPS) is 25.8. The van der Waals surface area contributed by atoms with Gasteiger partial charge in [-0.15, -0.1) is 0 Å². The van der Waals surface area contributed by atoms with Crippen LogP contribution in [0.4, 0.5) is 0 Å². The Kier molecular flexibility index (Phi) is 2.83. The molecule has 0 spiro atoms. The fraction of sp³-hybridized carbons (Fsp3) is 0.417. The van der Waals surface area contributed by atoms with Crippen molar-refractivity contribution in [1.82, 2.24) is 4.90 Å². The SMILES string of the molecule is CN1CC(c2ccc(O)cc2)CC1C(=O)O. The summed E-state index contributed by atoms with van der Waals surface area (Å²) in [5.41, 5.74) is 1.09. The molecule has 0 aromatic heterocycles. The van der Waals surface area contributed by atoms with Gasteiger partial charge in [0, 0.05) is 6.54 Å². The molecule has 0 bridgehead atoms. The monoisotopic (exact) mass is 221 g/mol. The van der Waals surface area contributed by atoms with E-state index in [1.165, 1.54) is 0 Å². The van der Waals surface area contributed by atoms with Gasteiger partial charge in [0.2, 0.25) is 0 Å². The summed E-state index contributed by atoms with van der Waals surface area (Å²) in [5.74, 6) is -0.277. The Labute approximate surface area is 94.1 Å². The van der Waals surface area contributed by atoms with Gasteiger partial charge in [0.05, 0.1) is 0 Å². The number of carbonyl (C=O) groups is 1. The Hall–Kier alpha value is -1.55. The highest BCUT2D eigenvalue weighted by atomic mass is 16.4. The maximum Gasteiger partial charge on any atom is 0.320 e. The van der Waals surface area contributed by atoms with Crippen molar-refractivity contribution in [3.63, 3.8) is 0 Å². The van der Waals surface area contributed by atoms with Crippen LogP contribution in [0.5, 0.6) is 5.75 Å². The molecule has 4 heteroatoms. The third-order valence-corrected chi connectivity index (χ3v) is 3.20. The van der Waals surface area contributed by atoms with Gasteiger partial charge < -0.3 is 10.2 Å².